The van der Waals surface area contributed by atoms with E-state index >= 15 is 0 Å². The van der Waals surface area contributed by atoms with Gasteiger partial charge in [0, 0.05) is 31.9 Å². The number of hydrogen-bond acceptors (Lipinski definition) is 6. The molecule has 2 aliphatic heterocycles. The van der Waals surface area contributed by atoms with E-state index in [9.17, 15) is 9.59 Å². The molecule has 1 aromatic carbocycles. The lowest BCUT2D eigenvalue weighted by Gasteiger charge is -2.36. The first-order chi connectivity index (χ1) is 15.9. The highest BCUT2D eigenvalue weighted by Crippen LogP contribution is 2.38. The van der Waals surface area contributed by atoms with E-state index in [4.69, 9.17) is 19.3 Å². The molecule has 1 saturated heterocycles. The van der Waals surface area contributed by atoms with E-state index in [0.29, 0.717) is 36.5 Å². The average Bonchev–Trinajstić information content (AvgIpc) is 3.10. The maximum Gasteiger partial charge on any atom is 0.338 e. The van der Waals surface area contributed by atoms with E-state index in [2.05, 4.69) is 5.32 Å². The Kier molecular flexibility index (Phi) is 7.02. The van der Waals surface area contributed by atoms with Crippen LogP contribution in [-0.4, -0.2) is 55.1 Å². The predicted octanol–water partition coefficient (Wildman–Crippen LogP) is 3.03. The van der Waals surface area contributed by atoms with Crippen molar-refractivity contribution in [1.29, 1.82) is 0 Å². The highest BCUT2D eigenvalue weighted by molar-refractivity contribution is 5.95. The van der Waals surface area contributed by atoms with Crippen LogP contribution in [-0.2, 0) is 28.9 Å². The molecule has 1 spiro atoms. The van der Waals surface area contributed by atoms with E-state index < -0.39 is 0 Å². The van der Waals surface area contributed by atoms with Gasteiger partial charge in [-0.15, -0.1) is 0 Å². The van der Waals surface area contributed by atoms with Crippen molar-refractivity contribution >= 4 is 11.9 Å². The lowest BCUT2D eigenvalue weighted by Crippen LogP contribution is -2.40. The molecule has 33 heavy (non-hydrogen) atoms. The van der Waals surface area contributed by atoms with Gasteiger partial charge in [-0.05, 0) is 62.1 Å². The molecule has 178 valence electrons. The molecule has 8 heteroatoms. The van der Waals surface area contributed by atoms with Crippen LogP contribution in [0.1, 0.15) is 58.8 Å². The van der Waals surface area contributed by atoms with Gasteiger partial charge in [-0.3, -0.25) is 9.48 Å². The summed E-state index contributed by atoms with van der Waals surface area (Å²) in [7, 11) is 1.57. The second-order valence-electron chi connectivity index (χ2n) is 9.20. The molecule has 0 bridgehead atoms. The van der Waals surface area contributed by atoms with Crippen molar-refractivity contribution in [2.45, 2.75) is 46.1 Å². The summed E-state index contributed by atoms with van der Waals surface area (Å²) in [5, 5.41) is 7.93. The number of amides is 1. The third-order valence-electron chi connectivity index (χ3n) is 6.72. The predicted molar refractivity (Wildman–Crippen MR) is 123 cm³/mol. The molecule has 1 N–H and O–H groups in total. The summed E-state index contributed by atoms with van der Waals surface area (Å²) in [5.74, 6) is 0.247. The molecule has 1 fully saturated rings. The van der Waals surface area contributed by atoms with Gasteiger partial charge >= 0.3 is 5.97 Å². The van der Waals surface area contributed by atoms with Crippen LogP contribution in [0.3, 0.4) is 0 Å². The van der Waals surface area contributed by atoms with Crippen LogP contribution in [0, 0.1) is 11.3 Å². The largest absolute Gasteiger partial charge is 0.497 e. The highest BCUT2D eigenvalue weighted by Gasteiger charge is 2.39. The number of aromatic nitrogens is 2. The van der Waals surface area contributed by atoms with Crippen LogP contribution in [0.25, 0.3) is 0 Å². The Morgan fingerprint density at radius 3 is 2.85 bits per heavy atom. The van der Waals surface area contributed by atoms with Crippen molar-refractivity contribution in [3.63, 3.8) is 0 Å². The Labute approximate surface area is 194 Å². The van der Waals surface area contributed by atoms with E-state index in [1.54, 1.807) is 31.4 Å². The molecule has 0 radical (unpaired) electrons. The number of ether oxygens (including phenoxy) is 3. The normalized spacial score (nSPS) is 18.2. The topological polar surface area (TPSA) is 91.7 Å². The zero-order valence-corrected chi connectivity index (χ0v) is 19.7. The second-order valence-corrected chi connectivity index (χ2v) is 9.20. The van der Waals surface area contributed by atoms with Gasteiger partial charge in [0.15, 0.2) is 0 Å². The number of carbonyl (C=O) groups excluding carboxylic acids is 2. The summed E-state index contributed by atoms with van der Waals surface area (Å²) in [6.45, 7) is 7.05. The third kappa shape index (κ3) is 5.05. The summed E-state index contributed by atoms with van der Waals surface area (Å²) in [4.78, 5) is 25.4. The molecule has 4 rings (SSSR count). The molecule has 1 unspecified atom stereocenters. The Balaban J connectivity index is 1.48. The summed E-state index contributed by atoms with van der Waals surface area (Å²) >= 11 is 0. The fourth-order valence-corrected chi connectivity index (χ4v) is 4.77. The molecule has 3 heterocycles. The molecule has 1 atom stereocenters. The molecular weight excluding hydrogens is 422 g/mol. The standard InChI is InChI=1S/C25H33N3O5/c1-4-28-22-20(14-25(16-26-23(22)29)8-10-32-11-9-25)21(27-28)12-17(2)15-33-24(30)18-6-5-7-19(13-18)31-3/h5-7,13,17H,4,8-12,14-16H2,1-3H3,(H,26,29). The van der Waals surface area contributed by atoms with Crippen molar-refractivity contribution in [1.82, 2.24) is 15.1 Å². The number of nitrogens with one attached hydrogen (secondary N) is 1. The highest BCUT2D eigenvalue weighted by atomic mass is 16.5. The van der Waals surface area contributed by atoms with Gasteiger partial charge in [0.05, 0.1) is 25.0 Å². The Hall–Kier alpha value is -2.87. The quantitative estimate of drug-likeness (QED) is 0.646. The number of methoxy groups -OCH3 is 1. The van der Waals surface area contributed by atoms with Crippen molar-refractivity contribution in [3.8, 4) is 5.75 Å². The number of aryl methyl sites for hydroxylation is 1. The molecule has 0 aliphatic carbocycles. The van der Waals surface area contributed by atoms with Crippen LogP contribution in [0.2, 0.25) is 0 Å². The Bertz CT molecular complexity index is 1010. The molecule has 1 aromatic heterocycles. The van der Waals surface area contributed by atoms with Crippen LogP contribution in [0.4, 0.5) is 0 Å². The fraction of sp³-hybridized carbons (Fsp3) is 0.560. The van der Waals surface area contributed by atoms with Crippen molar-refractivity contribution in [2.75, 3.05) is 33.5 Å². The maximum atomic E-state index is 13.0. The summed E-state index contributed by atoms with van der Waals surface area (Å²) in [5.41, 5.74) is 3.12. The van der Waals surface area contributed by atoms with Crippen LogP contribution in [0.15, 0.2) is 24.3 Å². The number of esters is 1. The van der Waals surface area contributed by atoms with Crippen LogP contribution >= 0.6 is 0 Å². The molecule has 2 aromatic rings. The number of hydrogen-bond donors (Lipinski definition) is 1. The van der Waals surface area contributed by atoms with Gasteiger partial charge < -0.3 is 19.5 Å². The van der Waals surface area contributed by atoms with E-state index in [1.807, 2.05) is 18.5 Å². The molecule has 2 aliphatic rings. The van der Waals surface area contributed by atoms with E-state index in [0.717, 1.165) is 43.7 Å². The van der Waals surface area contributed by atoms with Gasteiger partial charge in [0.2, 0.25) is 0 Å². The molecule has 8 nitrogen and oxygen atoms in total. The number of benzene rings is 1. The van der Waals surface area contributed by atoms with Gasteiger partial charge in [0.25, 0.3) is 5.91 Å². The molecule has 1 amide bonds. The first-order valence-corrected chi connectivity index (χ1v) is 11.7. The van der Waals surface area contributed by atoms with Crippen molar-refractivity contribution in [3.05, 3.63) is 46.8 Å². The van der Waals surface area contributed by atoms with Gasteiger partial charge in [0.1, 0.15) is 11.4 Å². The maximum absolute atomic E-state index is 13.0. The van der Waals surface area contributed by atoms with Gasteiger partial charge in [-0.2, -0.15) is 5.10 Å². The zero-order chi connectivity index (χ0) is 23.4. The Morgan fingerprint density at radius 2 is 2.12 bits per heavy atom. The van der Waals surface area contributed by atoms with Crippen LogP contribution < -0.4 is 10.1 Å². The number of fused-ring (bicyclic) bond motifs is 1. The van der Waals surface area contributed by atoms with E-state index in [1.165, 1.54) is 0 Å². The zero-order valence-electron chi connectivity index (χ0n) is 19.7. The smallest absolute Gasteiger partial charge is 0.338 e. The van der Waals surface area contributed by atoms with E-state index in [-0.39, 0.29) is 29.8 Å². The minimum Gasteiger partial charge on any atom is -0.497 e. The number of carbonyl (C=O) groups is 2. The molecular formula is C25H33N3O5. The summed E-state index contributed by atoms with van der Waals surface area (Å²) < 4.78 is 18.2. The van der Waals surface area contributed by atoms with Crippen molar-refractivity contribution in [2.24, 2.45) is 11.3 Å². The Morgan fingerprint density at radius 1 is 1.33 bits per heavy atom. The fourth-order valence-electron chi connectivity index (χ4n) is 4.77. The monoisotopic (exact) mass is 455 g/mol. The lowest BCUT2D eigenvalue weighted by molar-refractivity contribution is 0.0160. The van der Waals surface area contributed by atoms with Crippen molar-refractivity contribution < 1.29 is 23.8 Å². The third-order valence-corrected chi connectivity index (χ3v) is 6.72. The average molecular weight is 456 g/mol. The first-order valence-electron chi connectivity index (χ1n) is 11.7. The SMILES string of the molecule is CCn1nc(CC(C)COC(=O)c2cccc(OC)c2)c2c1C(=O)NCC1(CCOCC1)C2. The molecule has 0 saturated carbocycles. The minimum absolute atomic E-state index is 0.0115. The minimum atomic E-state index is -0.376. The lowest BCUT2D eigenvalue weighted by atomic mass is 9.75. The number of rotatable bonds is 7. The number of nitrogens with zero attached hydrogens (tertiary/aromatic N) is 2. The second kappa shape index (κ2) is 9.95. The summed E-state index contributed by atoms with van der Waals surface area (Å²) in [6, 6.07) is 6.94. The first kappa shape index (κ1) is 23.3. The van der Waals surface area contributed by atoms with Crippen LogP contribution in [0.5, 0.6) is 5.75 Å². The van der Waals surface area contributed by atoms with Gasteiger partial charge in [-0.1, -0.05) is 13.0 Å². The summed E-state index contributed by atoms with van der Waals surface area (Å²) in [6.07, 6.45) is 3.31. The van der Waals surface area contributed by atoms with Gasteiger partial charge in [-0.25, -0.2) is 4.79 Å².